The number of carbonyl (C=O) groups excluding carboxylic acids is 6. The normalized spacial score (nSPS) is 17.7. The zero-order chi connectivity index (χ0) is 46.5. The quantitative estimate of drug-likeness (QED) is 0.0525. The van der Waals surface area contributed by atoms with Crippen molar-refractivity contribution in [3.8, 4) is 5.75 Å². The lowest BCUT2D eigenvalue weighted by Crippen LogP contribution is -3.00. The third-order valence-electron chi connectivity index (χ3n) is 10.3. The number of hydrogen-bond acceptors (Lipinski definition) is 11. The fourth-order valence-electron chi connectivity index (χ4n) is 7.38. The largest absolute Gasteiger partial charge is 1.00 e. The molecule has 2 N–H and O–H groups in total. The van der Waals surface area contributed by atoms with E-state index in [0.29, 0.717) is 36.3 Å². The number of pyridine rings is 1. The summed E-state index contributed by atoms with van der Waals surface area (Å²) < 4.78 is 23.9. The molecule has 0 aliphatic carbocycles. The van der Waals surface area contributed by atoms with Crippen molar-refractivity contribution in [3.63, 3.8) is 0 Å². The van der Waals surface area contributed by atoms with Gasteiger partial charge in [-0.1, -0.05) is 72.8 Å². The molecule has 0 bridgehead atoms. The Hall–Kier alpha value is -6.46. The minimum absolute atomic E-state index is 0. The number of amides is 4. The molecule has 4 amide bonds. The van der Waals surface area contributed by atoms with Gasteiger partial charge in [0.25, 0.3) is 11.8 Å². The molecule has 0 spiro atoms. The van der Waals surface area contributed by atoms with Gasteiger partial charge in [0.1, 0.15) is 28.3 Å². The summed E-state index contributed by atoms with van der Waals surface area (Å²) in [5.41, 5.74) is 2.03. The molecule has 66 heavy (non-hydrogen) atoms. The van der Waals surface area contributed by atoms with Gasteiger partial charge in [0.15, 0.2) is 24.2 Å². The Morgan fingerprint density at radius 3 is 2.06 bits per heavy atom. The predicted molar refractivity (Wildman–Crippen MR) is 241 cm³/mol. The average Bonchev–Trinajstić information content (AvgIpc) is 3.59. The number of thioether (sulfide) groups is 1. The topological polar surface area (TPSA) is 174 Å². The van der Waals surface area contributed by atoms with Gasteiger partial charge in [-0.15, -0.1) is 11.8 Å². The number of alkyl carbamates (subject to hydrolysis) is 1. The fourth-order valence-corrected chi connectivity index (χ4v) is 8.69. The molecule has 0 unspecified atom stereocenters. The van der Waals surface area contributed by atoms with E-state index >= 15 is 0 Å². The SMILES string of the molecule is CC(C)(C)OC(=O)N[C@@H]1C(=O)N2C(C(=O)OC(c3ccccc3)c3ccccc3)=C(C=C3CCN(Cc4cc[n+](CC(=O)Nc5ccccc5OC(=O)OC(C)(C)C)cc4)C3=O)CS[C@H]12.[Br-]. The van der Waals surface area contributed by atoms with Crippen molar-refractivity contribution in [3.05, 3.63) is 149 Å². The Morgan fingerprint density at radius 2 is 1.44 bits per heavy atom. The maximum Gasteiger partial charge on any atom is 0.514 e. The Labute approximate surface area is 398 Å². The molecule has 346 valence electrons. The number of para-hydroxylation sites is 2. The first kappa shape index (κ1) is 49.0. The van der Waals surface area contributed by atoms with E-state index in [1.165, 1.54) is 16.7 Å². The second kappa shape index (κ2) is 20.8. The first-order valence-electron chi connectivity index (χ1n) is 21.2. The molecular formula is C49H52BrN5O10S. The lowest BCUT2D eigenvalue weighted by molar-refractivity contribution is -0.684. The second-order valence-electron chi connectivity index (χ2n) is 17.7. The summed E-state index contributed by atoms with van der Waals surface area (Å²) in [6.45, 7) is 11.0. The summed E-state index contributed by atoms with van der Waals surface area (Å²) in [7, 11) is 0. The molecule has 3 aromatic carbocycles. The van der Waals surface area contributed by atoms with Gasteiger partial charge in [-0.3, -0.25) is 19.3 Å². The van der Waals surface area contributed by atoms with E-state index in [4.69, 9.17) is 18.9 Å². The van der Waals surface area contributed by atoms with Crippen molar-refractivity contribution in [2.45, 2.75) is 89.8 Å². The smallest absolute Gasteiger partial charge is 0.514 e. The molecule has 2 saturated heterocycles. The van der Waals surface area contributed by atoms with Crippen LogP contribution >= 0.6 is 11.8 Å². The van der Waals surface area contributed by atoms with Crippen LogP contribution in [0.15, 0.2) is 132 Å². The summed E-state index contributed by atoms with van der Waals surface area (Å²) in [6.07, 6.45) is 3.14. The number of aromatic nitrogens is 1. The van der Waals surface area contributed by atoms with Crippen LogP contribution in [0.1, 0.15) is 70.8 Å². The molecule has 17 heteroatoms. The predicted octanol–water partition coefficient (Wildman–Crippen LogP) is 3.98. The van der Waals surface area contributed by atoms with Gasteiger partial charge < -0.3 is 51.5 Å². The van der Waals surface area contributed by atoms with Crippen LogP contribution < -0.4 is 36.9 Å². The van der Waals surface area contributed by atoms with Gasteiger partial charge in [-0.2, -0.15) is 4.57 Å². The molecule has 0 radical (unpaired) electrons. The van der Waals surface area contributed by atoms with Crippen LogP contribution in [0.5, 0.6) is 5.75 Å². The minimum Gasteiger partial charge on any atom is -1.00 e. The summed E-state index contributed by atoms with van der Waals surface area (Å²) in [4.78, 5) is 83.4. The standard InChI is InChI=1S/C49H51N5O10S.BrH/c1-48(2,3)63-46(59)51-39-43(57)54-40(45(58)62-41(32-15-9-7-10-16-32)33-17-11-8-12-18-33)35(30-65-44(39)54)27-34-23-26-53(42(34)56)28-31-21-24-52(25-22-31)29-38(55)50-36-19-13-14-20-37(36)61-47(60)64-49(4,5)6;/h7-22,24-25,27,39,41,44H,23,26,28-30H2,1-6H3,(H-,50,51,55,59);1H/t39-,44-;/m1./s1. The average molecular weight is 983 g/mol. The Balaban J connectivity index is 0.00000720. The van der Waals surface area contributed by atoms with Crippen LogP contribution in [0, 0.1) is 0 Å². The zero-order valence-electron chi connectivity index (χ0n) is 37.4. The number of β-lactam (4-membered cyclic amide) rings is 1. The zero-order valence-corrected chi connectivity index (χ0v) is 39.9. The summed E-state index contributed by atoms with van der Waals surface area (Å²) in [6, 6.07) is 27.9. The van der Waals surface area contributed by atoms with Crippen molar-refractivity contribution < 1.29 is 69.3 Å². The third kappa shape index (κ3) is 12.2. The van der Waals surface area contributed by atoms with Crippen LogP contribution in [0.4, 0.5) is 15.3 Å². The first-order chi connectivity index (χ1) is 30.9. The number of allylic oxidation sites excluding steroid dienone is 1. The number of benzene rings is 3. The molecule has 0 saturated carbocycles. The Bertz CT molecular complexity index is 2480. The molecule has 7 rings (SSSR count). The van der Waals surface area contributed by atoms with Crippen LogP contribution in [0.3, 0.4) is 0 Å². The number of esters is 1. The summed E-state index contributed by atoms with van der Waals surface area (Å²) in [5.74, 6) is -1.40. The Kier molecular flexibility index (Phi) is 15.4. The molecule has 3 aliphatic rings. The summed E-state index contributed by atoms with van der Waals surface area (Å²) in [5, 5.41) is 4.84. The van der Waals surface area contributed by atoms with E-state index in [0.717, 1.165) is 16.7 Å². The molecule has 2 atom stereocenters. The van der Waals surface area contributed by atoms with Crippen molar-refractivity contribution in [2.24, 2.45) is 0 Å². The van der Waals surface area contributed by atoms with E-state index in [9.17, 15) is 28.8 Å². The van der Waals surface area contributed by atoms with E-state index in [2.05, 4.69) is 10.6 Å². The molecular weight excluding hydrogens is 931 g/mol. The van der Waals surface area contributed by atoms with Crippen LogP contribution in [-0.2, 0) is 46.5 Å². The van der Waals surface area contributed by atoms with Crippen LogP contribution in [-0.4, -0.2) is 80.7 Å². The van der Waals surface area contributed by atoms with Gasteiger partial charge >= 0.3 is 18.2 Å². The first-order valence-corrected chi connectivity index (χ1v) is 22.2. The highest BCUT2D eigenvalue weighted by Crippen LogP contribution is 2.43. The maximum atomic E-state index is 14.5. The molecule has 4 aromatic rings. The van der Waals surface area contributed by atoms with Crippen molar-refractivity contribution in [1.82, 2.24) is 15.1 Å². The van der Waals surface area contributed by atoms with Gasteiger partial charge in [0.05, 0.1) is 5.69 Å². The molecule has 15 nitrogen and oxygen atoms in total. The van der Waals surface area contributed by atoms with Crippen molar-refractivity contribution in [2.75, 3.05) is 17.6 Å². The number of likely N-dealkylation sites (tertiary alicyclic amines) is 1. The van der Waals surface area contributed by atoms with E-state index in [1.54, 1.807) is 93.7 Å². The van der Waals surface area contributed by atoms with Crippen molar-refractivity contribution in [1.29, 1.82) is 0 Å². The number of hydrogen-bond donors (Lipinski definition) is 2. The highest BCUT2D eigenvalue weighted by atomic mass is 79.9. The number of halogens is 1. The summed E-state index contributed by atoms with van der Waals surface area (Å²) >= 11 is 1.37. The van der Waals surface area contributed by atoms with E-state index in [-0.39, 0.29) is 52.5 Å². The van der Waals surface area contributed by atoms with Gasteiger partial charge in [-0.05, 0) is 88.4 Å². The Morgan fingerprint density at radius 1 is 0.833 bits per heavy atom. The number of nitrogens with one attached hydrogen (secondary N) is 2. The van der Waals surface area contributed by atoms with Gasteiger partial charge in [0, 0.05) is 36.5 Å². The molecule has 1 aromatic heterocycles. The van der Waals surface area contributed by atoms with Crippen LogP contribution in [0.25, 0.3) is 0 Å². The number of anilines is 1. The molecule has 3 aliphatic heterocycles. The fraction of sp³-hybridized carbons (Fsp3) is 0.327. The van der Waals surface area contributed by atoms with Gasteiger partial charge in [0.2, 0.25) is 12.5 Å². The van der Waals surface area contributed by atoms with Crippen molar-refractivity contribution >= 4 is 53.4 Å². The number of rotatable bonds is 12. The molecule has 2 fully saturated rings. The highest BCUT2D eigenvalue weighted by Gasteiger charge is 2.55. The molecule has 4 heterocycles. The maximum absolute atomic E-state index is 14.5. The number of ether oxygens (including phenoxy) is 4. The van der Waals surface area contributed by atoms with Gasteiger partial charge in [-0.25, -0.2) is 14.4 Å². The lowest BCUT2D eigenvalue weighted by Gasteiger charge is -2.49. The number of carbonyl (C=O) groups is 6. The van der Waals surface area contributed by atoms with Crippen LogP contribution in [0.2, 0.25) is 0 Å². The highest BCUT2D eigenvalue weighted by molar-refractivity contribution is 8.00. The van der Waals surface area contributed by atoms with E-state index < -0.39 is 52.8 Å². The lowest BCUT2D eigenvalue weighted by atomic mass is 10.00. The number of nitrogens with zero attached hydrogens (tertiary/aromatic N) is 3. The number of fused-ring (bicyclic) bond motifs is 1. The monoisotopic (exact) mass is 981 g/mol. The van der Waals surface area contributed by atoms with E-state index in [1.807, 2.05) is 72.8 Å². The third-order valence-corrected chi connectivity index (χ3v) is 11.6. The second-order valence-corrected chi connectivity index (χ2v) is 18.8. The minimum atomic E-state index is -0.935.